The Balaban J connectivity index is 1.55. The topological polar surface area (TPSA) is 45.6 Å². The molecule has 2 aliphatic rings. The van der Waals surface area contributed by atoms with Crippen LogP contribution in [0, 0.1) is 12.3 Å². The highest BCUT2D eigenvalue weighted by atomic mass is 16.7. The van der Waals surface area contributed by atoms with E-state index in [2.05, 4.69) is 36.1 Å². The molecule has 4 heteroatoms. The minimum absolute atomic E-state index is 0.347. The largest absolute Gasteiger partial charge is 0.360 e. The number of amidine groups is 1. The number of hydrogen-bond donors (Lipinski definition) is 1. The first-order valence-electron chi connectivity index (χ1n) is 7.33. The number of ether oxygens (including phenoxy) is 2. The lowest BCUT2D eigenvalue weighted by atomic mass is 10.0. The van der Waals surface area contributed by atoms with Crippen molar-refractivity contribution in [3.8, 4) is 0 Å². The van der Waals surface area contributed by atoms with E-state index in [0.717, 1.165) is 25.9 Å². The van der Waals surface area contributed by atoms with Gasteiger partial charge in [-0.3, -0.25) is 5.41 Å². The van der Waals surface area contributed by atoms with Gasteiger partial charge in [0.05, 0.1) is 13.2 Å². The molecule has 0 bridgehead atoms. The van der Waals surface area contributed by atoms with Crippen LogP contribution in [0.5, 0.6) is 0 Å². The van der Waals surface area contributed by atoms with Crippen molar-refractivity contribution in [2.24, 2.45) is 0 Å². The van der Waals surface area contributed by atoms with E-state index in [1.54, 1.807) is 0 Å². The molecule has 2 heterocycles. The van der Waals surface area contributed by atoms with Gasteiger partial charge in [-0.05, 0) is 12.5 Å². The van der Waals surface area contributed by atoms with Crippen LogP contribution in [0.4, 0.5) is 0 Å². The first kappa shape index (κ1) is 13.6. The Morgan fingerprint density at radius 2 is 1.75 bits per heavy atom. The van der Waals surface area contributed by atoms with Gasteiger partial charge in [-0.15, -0.1) is 0 Å². The molecule has 4 nitrogen and oxygen atoms in total. The molecule has 0 aromatic heterocycles. The zero-order valence-corrected chi connectivity index (χ0v) is 12.0. The molecule has 2 fully saturated rings. The van der Waals surface area contributed by atoms with Crippen LogP contribution < -0.4 is 0 Å². The average Bonchev–Trinajstić information content (AvgIpc) is 2.90. The average molecular weight is 274 g/mol. The van der Waals surface area contributed by atoms with Crippen molar-refractivity contribution in [2.45, 2.75) is 32.0 Å². The number of piperidine rings is 1. The number of likely N-dealkylation sites (tertiary alicyclic amines) is 1. The molecule has 0 amide bonds. The molecule has 1 spiro atoms. The summed E-state index contributed by atoms with van der Waals surface area (Å²) in [6.45, 7) is 5.21. The first-order valence-corrected chi connectivity index (χ1v) is 7.33. The Kier molecular flexibility index (Phi) is 3.76. The molecule has 1 N–H and O–H groups in total. The van der Waals surface area contributed by atoms with Crippen LogP contribution >= 0.6 is 0 Å². The summed E-state index contributed by atoms with van der Waals surface area (Å²) in [6.07, 6.45) is 2.43. The van der Waals surface area contributed by atoms with Crippen molar-refractivity contribution in [3.63, 3.8) is 0 Å². The quantitative estimate of drug-likeness (QED) is 0.665. The first-order chi connectivity index (χ1) is 9.67. The molecule has 2 aliphatic heterocycles. The molecule has 108 valence electrons. The van der Waals surface area contributed by atoms with Crippen molar-refractivity contribution < 1.29 is 9.47 Å². The third-order valence-corrected chi connectivity index (χ3v) is 4.21. The normalized spacial score (nSPS) is 21.4. The lowest BCUT2D eigenvalue weighted by Gasteiger charge is -2.38. The van der Waals surface area contributed by atoms with Crippen LogP contribution in [0.3, 0.4) is 0 Å². The van der Waals surface area contributed by atoms with Gasteiger partial charge >= 0.3 is 0 Å². The van der Waals surface area contributed by atoms with Crippen LogP contribution in [-0.4, -0.2) is 42.8 Å². The monoisotopic (exact) mass is 274 g/mol. The van der Waals surface area contributed by atoms with Crippen LogP contribution in [-0.2, 0) is 15.9 Å². The van der Waals surface area contributed by atoms with Gasteiger partial charge in [0, 0.05) is 32.4 Å². The molecular weight excluding hydrogens is 252 g/mol. The van der Waals surface area contributed by atoms with Gasteiger partial charge < -0.3 is 14.4 Å². The summed E-state index contributed by atoms with van der Waals surface area (Å²) in [5, 5.41) is 8.28. The van der Waals surface area contributed by atoms with Crippen LogP contribution in [0.25, 0.3) is 0 Å². The highest BCUT2D eigenvalue weighted by molar-refractivity contribution is 5.81. The zero-order valence-electron chi connectivity index (χ0n) is 12.0. The van der Waals surface area contributed by atoms with Gasteiger partial charge in [-0.2, -0.15) is 0 Å². The minimum Gasteiger partial charge on any atom is -0.360 e. The maximum Gasteiger partial charge on any atom is 0.171 e. The lowest BCUT2D eigenvalue weighted by molar-refractivity contribution is -0.180. The predicted molar refractivity (Wildman–Crippen MR) is 78.1 cm³/mol. The van der Waals surface area contributed by atoms with Crippen molar-refractivity contribution in [1.29, 1.82) is 5.41 Å². The van der Waals surface area contributed by atoms with Crippen LogP contribution in [0.2, 0.25) is 0 Å². The van der Waals surface area contributed by atoms with Gasteiger partial charge in [0.15, 0.2) is 5.79 Å². The lowest BCUT2D eigenvalue weighted by Crippen LogP contribution is -2.47. The van der Waals surface area contributed by atoms with E-state index >= 15 is 0 Å². The van der Waals surface area contributed by atoms with Gasteiger partial charge in [0.25, 0.3) is 0 Å². The Morgan fingerprint density at radius 3 is 2.35 bits per heavy atom. The Hall–Kier alpha value is -1.39. The molecule has 1 aromatic carbocycles. The van der Waals surface area contributed by atoms with E-state index in [9.17, 15) is 0 Å². The summed E-state index contributed by atoms with van der Waals surface area (Å²) in [5.74, 6) is 0.349. The third-order valence-electron chi connectivity index (χ3n) is 4.21. The van der Waals surface area contributed by atoms with E-state index < -0.39 is 0 Å². The summed E-state index contributed by atoms with van der Waals surface area (Å²) in [6, 6.07) is 8.43. The number of aryl methyl sites for hydroxylation is 1. The molecule has 0 saturated carbocycles. The van der Waals surface area contributed by atoms with E-state index in [1.165, 1.54) is 11.1 Å². The van der Waals surface area contributed by atoms with Crippen molar-refractivity contribution in [3.05, 3.63) is 35.4 Å². The summed E-state index contributed by atoms with van der Waals surface area (Å²) in [5.41, 5.74) is 2.46. The molecule has 3 rings (SSSR count). The zero-order chi connectivity index (χ0) is 14.0. The maximum absolute atomic E-state index is 8.28. The molecule has 0 radical (unpaired) electrons. The van der Waals surface area contributed by atoms with Gasteiger partial charge in [-0.25, -0.2) is 0 Å². The number of nitrogens with one attached hydrogen (secondary N) is 1. The van der Waals surface area contributed by atoms with Gasteiger partial charge in [0.2, 0.25) is 0 Å². The van der Waals surface area contributed by atoms with E-state index in [0.29, 0.717) is 25.5 Å². The van der Waals surface area contributed by atoms with Crippen LogP contribution in [0.15, 0.2) is 24.3 Å². The molecule has 20 heavy (non-hydrogen) atoms. The number of rotatable bonds is 2. The van der Waals surface area contributed by atoms with Gasteiger partial charge in [-0.1, -0.05) is 29.8 Å². The predicted octanol–water partition coefficient (Wildman–Crippen LogP) is 2.35. The summed E-state index contributed by atoms with van der Waals surface area (Å²) >= 11 is 0. The fourth-order valence-electron chi connectivity index (χ4n) is 2.91. The molecule has 0 aliphatic carbocycles. The summed E-state index contributed by atoms with van der Waals surface area (Å²) in [7, 11) is 0. The Morgan fingerprint density at radius 1 is 1.15 bits per heavy atom. The minimum atomic E-state index is -0.347. The van der Waals surface area contributed by atoms with Crippen molar-refractivity contribution in [2.75, 3.05) is 26.3 Å². The maximum atomic E-state index is 8.28. The summed E-state index contributed by atoms with van der Waals surface area (Å²) < 4.78 is 11.4. The number of benzene rings is 1. The van der Waals surface area contributed by atoms with Crippen molar-refractivity contribution in [1.82, 2.24) is 4.90 Å². The molecule has 0 atom stereocenters. The van der Waals surface area contributed by atoms with E-state index in [-0.39, 0.29) is 5.79 Å². The Labute approximate surface area is 120 Å². The summed E-state index contributed by atoms with van der Waals surface area (Å²) in [4.78, 5) is 2.15. The number of hydrogen-bond acceptors (Lipinski definition) is 3. The molecule has 2 saturated heterocycles. The highest BCUT2D eigenvalue weighted by Crippen LogP contribution is 2.31. The highest BCUT2D eigenvalue weighted by Gasteiger charge is 2.40. The van der Waals surface area contributed by atoms with Crippen molar-refractivity contribution >= 4 is 5.84 Å². The standard InChI is InChI=1S/C16H22N2O2/c1-13-2-4-14(5-3-13)12-15(17)18-8-6-16(7-9-18)19-10-11-20-16/h2-5,17H,6-12H2,1H3. The van der Waals surface area contributed by atoms with Crippen LogP contribution in [0.1, 0.15) is 24.0 Å². The van der Waals surface area contributed by atoms with E-state index in [4.69, 9.17) is 14.9 Å². The smallest absolute Gasteiger partial charge is 0.171 e. The molecule has 1 aromatic rings. The second kappa shape index (κ2) is 5.54. The third kappa shape index (κ3) is 2.86. The fraction of sp³-hybridized carbons (Fsp3) is 0.562. The fourth-order valence-corrected chi connectivity index (χ4v) is 2.91. The van der Waals surface area contributed by atoms with Gasteiger partial charge in [0.1, 0.15) is 5.84 Å². The second-order valence-electron chi connectivity index (χ2n) is 5.70. The SMILES string of the molecule is Cc1ccc(CC(=N)N2CCC3(CC2)OCCO3)cc1. The Bertz CT molecular complexity index is 468. The molecular formula is C16H22N2O2. The van der Waals surface area contributed by atoms with E-state index in [1.807, 2.05) is 0 Å². The molecule has 0 unspecified atom stereocenters. The number of nitrogens with zero attached hydrogens (tertiary/aromatic N) is 1. The second-order valence-corrected chi connectivity index (χ2v) is 5.70.